The van der Waals surface area contributed by atoms with Crippen molar-refractivity contribution in [2.75, 3.05) is 33.2 Å². The lowest BCUT2D eigenvalue weighted by Gasteiger charge is -2.22. The summed E-state index contributed by atoms with van der Waals surface area (Å²) in [5.74, 6) is 0.769. The molecule has 4 heteroatoms. The zero-order chi connectivity index (χ0) is 18.6. The van der Waals surface area contributed by atoms with Crippen LogP contribution < -0.4 is 0 Å². The molecule has 0 N–H and O–H groups in total. The Morgan fingerprint density at radius 1 is 0.889 bits per heavy atom. The van der Waals surface area contributed by atoms with Gasteiger partial charge in [-0.05, 0) is 50.9 Å². The third-order valence-corrected chi connectivity index (χ3v) is 6.37. The summed E-state index contributed by atoms with van der Waals surface area (Å²) in [6.07, 6.45) is 10.4. The van der Waals surface area contributed by atoms with Gasteiger partial charge >= 0.3 is 0 Å². The Labute approximate surface area is 164 Å². The van der Waals surface area contributed by atoms with E-state index in [0.29, 0.717) is 0 Å². The summed E-state index contributed by atoms with van der Waals surface area (Å²) in [5, 5.41) is 4.81. The van der Waals surface area contributed by atoms with E-state index in [4.69, 9.17) is 5.10 Å². The first-order valence-electron chi connectivity index (χ1n) is 10.7. The SMILES string of the molecule is CN1CCCN(Cc2cn(C)nc2-c2ccc(C3CCCCC3)cc2)CC1. The van der Waals surface area contributed by atoms with Gasteiger partial charge in [-0.1, -0.05) is 43.5 Å². The molecule has 2 aliphatic rings. The Morgan fingerprint density at radius 3 is 2.44 bits per heavy atom. The summed E-state index contributed by atoms with van der Waals surface area (Å²) in [5.41, 5.74) is 5.29. The molecular weight excluding hydrogens is 332 g/mol. The molecule has 1 aromatic carbocycles. The zero-order valence-corrected chi connectivity index (χ0v) is 17.0. The summed E-state index contributed by atoms with van der Waals surface area (Å²) in [7, 11) is 4.27. The van der Waals surface area contributed by atoms with Gasteiger partial charge in [0.2, 0.25) is 0 Å². The molecule has 4 rings (SSSR count). The maximum Gasteiger partial charge on any atom is 0.0968 e. The minimum atomic E-state index is 0.769. The fraction of sp³-hybridized carbons (Fsp3) is 0.609. The van der Waals surface area contributed by atoms with Crippen molar-refractivity contribution in [3.8, 4) is 11.3 Å². The van der Waals surface area contributed by atoms with Gasteiger partial charge in [0.05, 0.1) is 5.69 Å². The lowest BCUT2D eigenvalue weighted by Crippen LogP contribution is -2.28. The average Bonchev–Trinajstić information content (AvgIpc) is 2.93. The van der Waals surface area contributed by atoms with Gasteiger partial charge in [0, 0.05) is 44.0 Å². The molecule has 1 saturated carbocycles. The molecule has 2 heterocycles. The van der Waals surface area contributed by atoms with Gasteiger partial charge in [-0.15, -0.1) is 0 Å². The van der Waals surface area contributed by atoms with Crippen LogP contribution in [-0.4, -0.2) is 52.8 Å². The van der Waals surface area contributed by atoms with Crippen LogP contribution in [-0.2, 0) is 13.6 Å². The van der Waals surface area contributed by atoms with E-state index >= 15 is 0 Å². The Balaban J connectivity index is 1.50. The number of rotatable bonds is 4. The predicted octanol–water partition coefficient (Wildman–Crippen LogP) is 4.27. The van der Waals surface area contributed by atoms with Crippen molar-refractivity contribution >= 4 is 0 Å². The summed E-state index contributed by atoms with van der Waals surface area (Å²) >= 11 is 0. The van der Waals surface area contributed by atoms with Gasteiger partial charge in [0.15, 0.2) is 0 Å². The molecular formula is C23H34N4. The number of hydrogen-bond donors (Lipinski definition) is 0. The Morgan fingerprint density at radius 2 is 1.67 bits per heavy atom. The molecule has 0 spiro atoms. The molecule has 2 aromatic rings. The first-order valence-corrected chi connectivity index (χ1v) is 10.7. The second kappa shape index (κ2) is 8.57. The molecule has 2 fully saturated rings. The summed E-state index contributed by atoms with van der Waals surface area (Å²) < 4.78 is 1.98. The van der Waals surface area contributed by atoms with Gasteiger partial charge in [-0.25, -0.2) is 0 Å². The standard InChI is InChI=1S/C23H34N4/c1-25-13-6-14-27(16-15-25)18-22-17-26(2)24-23(22)21-11-9-20(10-12-21)19-7-4-3-5-8-19/h9-12,17,19H,3-8,13-16,18H2,1-2H3. The van der Waals surface area contributed by atoms with Crippen molar-refractivity contribution in [1.82, 2.24) is 19.6 Å². The third-order valence-electron chi connectivity index (χ3n) is 6.37. The largest absolute Gasteiger partial charge is 0.305 e. The molecule has 1 saturated heterocycles. The quantitative estimate of drug-likeness (QED) is 0.807. The summed E-state index contributed by atoms with van der Waals surface area (Å²) in [4.78, 5) is 5.02. The van der Waals surface area contributed by atoms with Crippen molar-refractivity contribution in [1.29, 1.82) is 0 Å². The van der Waals surface area contributed by atoms with Crippen LogP contribution in [0.3, 0.4) is 0 Å². The van der Waals surface area contributed by atoms with Gasteiger partial charge in [-0.3, -0.25) is 9.58 Å². The Hall–Kier alpha value is -1.65. The second-order valence-electron chi connectivity index (χ2n) is 8.57. The van der Waals surface area contributed by atoms with E-state index in [0.717, 1.165) is 31.2 Å². The van der Waals surface area contributed by atoms with Crippen LogP contribution in [0.1, 0.15) is 55.6 Å². The van der Waals surface area contributed by atoms with E-state index < -0.39 is 0 Å². The number of nitrogens with zero attached hydrogens (tertiary/aromatic N) is 4. The maximum atomic E-state index is 4.81. The topological polar surface area (TPSA) is 24.3 Å². The summed E-state index contributed by atoms with van der Waals surface area (Å²) in [6, 6.07) is 9.30. The lowest BCUT2D eigenvalue weighted by molar-refractivity contribution is 0.269. The molecule has 0 bridgehead atoms. The highest BCUT2D eigenvalue weighted by atomic mass is 15.3. The molecule has 0 unspecified atom stereocenters. The third kappa shape index (κ3) is 4.61. The van der Waals surface area contributed by atoms with E-state index in [1.165, 1.54) is 68.3 Å². The van der Waals surface area contributed by atoms with Crippen LogP contribution in [0.15, 0.2) is 30.5 Å². The fourth-order valence-electron chi connectivity index (χ4n) is 4.74. The minimum Gasteiger partial charge on any atom is -0.305 e. The zero-order valence-electron chi connectivity index (χ0n) is 17.0. The molecule has 1 aliphatic heterocycles. The van der Waals surface area contributed by atoms with Crippen LogP contribution in [0.25, 0.3) is 11.3 Å². The average molecular weight is 367 g/mol. The van der Waals surface area contributed by atoms with E-state index in [2.05, 4.69) is 47.3 Å². The number of hydrogen-bond acceptors (Lipinski definition) is 3. The normalized spacial score (nSPS) is 20.7. The van der Waals surface area contributed by atoms with Crippen molar-refractivity contribution in [3.63, 3.8) is 0 Å². The minimum absolute atomic E-state index is 0.769. The first kappa shape index (κ1) is 18.7. The van der Waals surface area contributed by atoms with Crippen LogP contribution in [0.2, 0.25) is 0 Å². The molecule has 0 radical (unpaired) electrons. The maximum absolute atomic E-state index is 4.81. The first-order chi connectivity index (χ1) is 13.2. The number of aromatic nitrogens is 2. The van der Waals surface area contributed by atoms with Crippen LogP contribution >= 0.6 is 0 Å². The number of benzene rings is 1. The van der Waals surface area contributed by atoms with Gasteiger partial charge < -0.3 is 4.90 Å². The Bertz CT molecular complexity index is 727. The van der Waals surface area contributed by atoms with Crippen LogP contribution in [0.4, 0.5) is 0 Å². The molecule has 1 aliphatic carbocycles. The molecule has 0 amide bonds. The summed E-state index contributed by atoms with van der Waals surface area (Å²) in [6.45, 7) is 5.69. The molecule has 4 nitrogen and oxygen atoms in total. The molecule has 1 aromatic heterocycles. The van der Waals surface area contributed by atoms with E-state index in [9.17, 15) is 0 Å². The van der Waals surface area contributed by atoms with Gasteiger partial charge in [0.25, 0.3) is 0 Å². The fourth-order valence-corrected chi connectivity index (χ4v) is 4.74. The lowest BCUT2D eigenvalue weighted by atomic mass is 9.84. The van der Waals surface area contributed by atoms with Crippen LogP contribution in [0, 0.1) is 0 Å². The number of likely N-dealkylation sites (N-methyl/N-ethyl adjacent to an activating group) is 1. The van der Waals surface area contributed by atoms with E-state index in [1.54, 1.807) is 0 Å². The number of aryl methyl sites for hydroxylation is 1. The van der Waals surface area contributed by atoms with E-state index in [1.807, 2.05) is 11.7 Å². The van der Waals surface area contributed by atoms with Crippen molar-refractivity contribution in [2.45, 2.75) is 51.0 Å². The smallest absolute Gasteiger partial charge is 0.0968 e. The second-order valence-corrected chi connectivity index (χ2v) is 8.57. The van der Waals surface area contributed by atoms with Crippen molar-refractivity contribution in [3.05, 3.63) is 41.6 Å². The monoisotopic (exact) mass is 366 g/mol. The van der Waals surface area contributed by atoms with Crippen molar-refractivity contribution < 1.29 is 0 Å². The van der Waals surface area contributed by atoms with E-state index in [-0.39, 0.29) is 0 Å². The molecule has 146 valence electrons. The predicted molar refractivity (Wildman–Crippen MR) is 112 cm³/mol. The molecule has 27 heavy (non-hydrogen) atoms. The van der Waals surface area contributed by atoms with Gasteiger partial charge in [-0.2, -0.15) is 5.10 Å². The van der Waals surface area contributed by atoms with Crippen molar-refractivity contribution in [2.24, 2.45) is 7.05 Å². The highest BCUT2D eigenvalue weighted by Gasteiger charge is 2.18. The van der Waals surface area contributed by atoms with Gasteiger partial charge in [0.1, 0.15) is 0 Å². The highest BCUT2D eigenvalue weighted by molar-refractivity contribution is 5.63. The highest BCUT2D eigenvalue weighted by Crippen LogP contribution is 2.34. The van der Waals surface area contributed by atoms with Crippen LogP contribution in [0.5, 0.6) is 0 Å². The Kier molecular flexibility index (Phi) is 5.94. The molecule has 0 atom stereocenters.